The zero-order valence-corrected chi connectivity index (χ0v) is 21.0. The molecule has 0 saturated carbocycles. The highest BCUT2D eigenvalue weighted by Crippen LogP contribution is 2.46. The van der Waals surface area contributed by atoms with E-state index in [0.717, 1.165) is 16.7 Å². The minimum Gasteiger partial charge on any atom is -0.445 e. The van der Waals surface area contributed by atoms with Gasteiger partial charge < -0.3 is 15.0 Å². The lowest BCUT2D eigenvalue weighted by Gasteiger charge is -2.32. The Kier molecular flexibility index (Phi) is 6.84. The normalized spacial score (nSPS) is 20.4. The maximum absolute atomic E-state index is 14.1. The van der Waals surface area contributed by atoms with Crippen molar-refractivity contribution in [3.05, 3.63) is 102 Å². The van der Waals surface area contributed by atoms with Crippen molar-refractivity contribution in [1.29, 1.82) is 5.26 Å². The summed E-state index contributed by atoms with van der Waals surface area (Å²) in [6.07, 6.45) is -0.214. The first kappa shape index (κ1) is 25.0. The van der Waals surface area contributed by atoms with E-state index in [1.54, 1.807) is 0 Å². The van der Waals surface area contributed by atoms with Crippen LogP contribution >= 0.6 is 0 Å². The van der Waals surface area contributed by atoms with Crippen LogP contribution < -0.4 is 5.32 Å². The fourth-order valence-electron chi connectivity index (χ4n) is 5.35. The van der Waals surface area contributed by atoms with Gasteiger partial charge in [-0.05, 0) is 22.8 Å². The second kappa shape index (κ2) is 10.4. The fraction of sp³-hybridized carbons (Fsp3) is 0.267. The van der Waals surface area contributed by atoms with Gasteiger partial charge in [0.1, 0.15) is 18.7 Å². The number of nitrogens with zero attached hydrogens (tertiary/aromatic N) is 3. The third kappa shape index (κ3) is 4.59. The smallest absolute Gasteiger partial charge is 0.410 e. The number of hydrogen-bond acceptors (Lipinski definition) is 5. The van der Waals surface area contributed by atoms with Crippen molar-refractivity contribution >= 4 is 23.6 Å². The number of nitriles is 1. The molecule has 3 atom stereocenters. The Morgan fingerprint density at radius 1 is 1.05 bits per heavy atom. The number of anilines is 1. The molecule has 0 bridgehead atoms. The van der Waals surface area contributed by atoms with Gasteiger partial charge >= 0.3 is 6.09 Å². The maximum atomic E-state index is 14.1. The lowest BCUT2D eigenvalue weighted by molar-refractivity contribution is -0.136. The van der Waals surface area contributed by atoms with Crippen LogP contribution in [0.2, 0.25) is 0 Å². The predicted octanol–water partition coefficient (Wildman–Crippen LogP) is 3.88. The second-order valence-corrected chi connectivity index (χ2v) is 9.75. The van der Waals surface area contributed by atoms with E-state index in [1.165, 1.54) is 16.8 Å². The van der Waals surface area contributed by atoms with E-state index in [1.807, 2.05) is 84.9 Å². The monoisotopic (exact) mass is 508 g/mol. The summed E-state index contributed by atoms with van der Waals surface area (Å²) in [7, 11) is 1.53. The molecule has 1 saturated heterocycles. The summed E-state index contributed by atoms with van der Waals surface area (Å²) in [6.45, 7) is 0.131. The molecule has 3 amide bonds. The first-order valence-corrected chi connectivity index (χ1v) is 12.5. The van der Waals surface area contributed by atoms with Crippen LogP contribution in [0, 0.1) is 11.3 Å². The van der Waals surface area contributed by atoms with Crippen molar-refractivity contribution in [3.8, 4) is 6.07 Å². The fourth-order valence-corrected chi connectivity index (χ4v) is 5.35. The molecule has 0 aromatic heterocycles. The quantitative estimate of drug-likeness (QED) is 0.544. The highest BCUT2D eigenvalue weighted by atomic mass is 16.6. The van der Waals surface area contributed by atoms with E-state index >= 15 is 0 Å². The second-order valence-electron chi connectivity index (χ2n) is 9.75. The van der Waals surface area contributed by atoms with Crippen LogP contribution in [-0.2, 0) is 32.8 Å². The topological polar surface area (TPSA) is 103 Å². The number of amides is 3. The number of nitrogens with one attached hydrogen (secondary N) is 1. The molecule has 2 heterocycles. The van der Waals surface area contributed by atoms with Crippen LogP contribution in [0.3, 0.4) is 0 Å². The van der Waals surface area contributed by atoms with Gasteiger partial charge in [0, 0.05) is 32.1 Å². The summed E-state index contributed by atoms with van der Waals surface area (Å²) in [5.41, 5.74) is 2.18. The summed E-state index contributed by atoms with van der Waals surface area (Å²) in [5, 5.41) is 12.9. The number of rotatable bonds is 6. The van der Waals surface area contributed by atoms with Crippen LogP contribution in [0.1, 0.15) is 23.1 Å². The molecule has 1 fully saturated rings. The molecule has 2 aliphatic heterocycles. The minimum absolute atomic E-state index is 0.0606. The molecule has 5 rings (SSSR count). The first-order chi connectivity index (χ1) is 18.4. The van der Waals surface area contributed by atoms with E-state index in [4.69, 9.17) is 4.74 Å². The van der Waals surface area contributed by atoms with Gasteiger partial charge in [-0.2, -0.15) is 5.26 Å². The molecule has 2 aliphatic rings. The van der Waals surface area contributed by atoms with Gasteiger partial charge in [-0.1, -0.05) is 78.9 Å². The van der Waals surface area contributed by atoms with Crippen molar-refractivity contribution in [2.24, 2.45) is 0 Å². The number of likely N-dealkylation sites (N-methyl/N-ethyl adjacent to an activating group) is 1. The number of para-hydroxylation sites is 1. The van der Waals surface area contributed by atoms with Gasteiger partial charge in [-0.15, -0.1) is 0 Å². The number of likely N-dealkylation sites (tertiary alicyclic amines) is 1. The number of fused-ring (bicyclic) bond motifs is 2. The van der Waals surface area contributed by atoms with Crippen molar-refractivity contribution in [2.45, 2.75) is 36.9 Å². The Morgan fingerprint density at radius 3 is 2.37 bits per heavy atom. The van der Waals surface area contributed by atoms with E-state index in [0.29, 0.717) is 5.69 Å². The summed E-state index contributed by atoms with van der Waals surface area (Å²) in [4.78, 5) is 43.1. The van der Waals surface area contributed by atoms with E-state index in [-0.39, 0.29) is 31.9 Å². The van der Waals surface area contributed by atoms with Crippen LogP contribution in [-0.4, -0.2) is 53.4 Å². The Morgan fingerprint density at radius 2 is 1.68 bits per heavy atom. The van der Waals surface area contributed by atoms with Gasteiger partial charge in [-0.25, -0.2) is 4.79 Å². The minimum atomic E-state index is -1.00. The SMILES string of the molecule is CN(C(=O)OCc1ccccc1)[C@@H](Cc1ccccc1)C(=O)N1C[C@]2(CC1C#N)C(=O)Nc1ccccc12. The number of carbonyl (C=O) groups excluding carboxylic acids is 3. The first-order valence-electron chi connectivity index (χ1n) is 12.5. The molecule has 8 heteroatoms. The Balaban J connectivity index is 1.42. The maximum Gasteiger partial charge on any atom is 0.410 e. The molecule has 0 aliphatic carbocycles. The molecule has 1 N–H and O–H groups in total. The summed E-state index contributed by atoms with van der Waals surface area (Å²) in [5.74, 6) is -0.613. The van der Waals surface area contributed by atoms with Crippen LogP contribution in [0.4, 0.5) is 10.5 Å². The molecule has 8 nitrogen and oxygen atoms in total. The van der Waals surface area contributed by atoms with Gasteiger partial charge in [-0.3, -0.25) is 14.5 Å². The average Bonchev–Trinajstić information content (AvgIpc) is 3.48. The Hall–Kier alpha value is -4.64. The average molecular weight is 509 g/mol. The highest BCUT2D eigenvalue weighted by Gasteiger charge is 2.56. The van der Waals surface area contributed by atoms with E-state index < -0.39 is 29.5 Å². The molecule has 3 aromatic carbocycles. The summed E-state index contributed by atoms with van der Waals surface area (Å²) >= 11 is 0. The lowest BCUT2D eigenvalue weighted by Crippen LogP contribution is -2.52. The van der Waals surface area contributed by atoms with E-state index in [2.05, 4.69) is 11.4 Å². The Bertz CT molecular complexity index is 1390. The van der Waals surface area contributed by atoms with Crippen molar-refractivity contribution in [2.75, 3.05) is 18.9 Å². The van der Waals surface area contributed by atoms with Gasteiger partial charge in [0.25, 0.3) is 0 Å². The standard InChI is InChI=1S/C30H28N4O4/c1-33(29(37)38-19-22-12-6-3-7-13-22)26(16-21-10-4-2-5-11-21)27(35)34-20-30(17-23(34)18-31)24-14-8-9-15-25(24)32-28(30)36/h2-15,23,26H,16-17,19-20H2,1H3,(H,32,36)/t23?,26-,30-/m0/s1. The molecule has 1 unspecified atom stereocenters. The molecular formula is C30H28N4O4. The number of hydrogen-bond donors (Lipinski definition) is 1. The zero-order chi connectivity index (χ0) is 26.7. The number of benzene rings is 3. The van der Waals surface area contributed by atoms with Gasteiger partial charge in [0.05, 0.1) is 11.5 Å². The summed E-state index contributed by atoms with van der Waals surface area (Å²) < 4.78 is 5.52. The molecule has 1 spiro atoms. The van der Waals surface area contributed by atoms with Crippen LogP contribution in [0.25, 0.3) is 0 Å². The predicted molar refractivity (Wildman–Crippen MR) is 141 cm³/mol. The van der Waals surface area contributed by atoms with Crippen LogP contribution in [0.5, 0.6) is 0 Å². The van der Waals surface area contributed by atoms with Crippen molar-refractivity contribution < 1.29 is 19.1 Å². The largest absolute Gasteiger partial charge is 0.445 e. The molecule has 38 heavy (non-hydrogen) atoms. The lowest BCUT2D eigenvalue weighted by atomic mass is 9.80. The third-order valence-electron chi connectivity index (χ3n) is 7.43. The molecule has 192 valence electrons. The third-order valence-corrected chi connectivity index (χ3v) is 7.43. The van der Waals surface area contributed by atoms with Crippen molar-refractivity contribution in [3.63, 3.8) is 0 Å². The number of carbonyl (C=O) groups is 3. The Labute approximate surface area is 221 Å². The number of ether oxygens (including phenoxy) is 1. The van der Waals surface area contributed by atoms with Crippen molar-refractivity contribution in [1.82, 2.24) is 9.80 Å². The summed E-state index contributed by atoms with van der Waals surface area (Å²) in [6, 6.07) is 26.5. The molecular weight excluding hydrogens is 480 g/mol. The van der Waals surface area contributed by atoms with Gasteiger partial charge in [0.15, 0.2) is 0 Å². The zero-order valence-electron chi connectivity index (χ0n) is 21.0. The highest BCUT2D eigenvalue weighted by molar-refractivity contribution is 6.07. The van der Waals surface area contributed by atoms with E-state index in [9.17, 15) is 19.6 Å². The molecule has 3 aromatic rings. The van der Waals surface area contributed by atoms with Crippen LogP contribution in [0.15, 0.2) is 84.9 Å². The molecule has 0 radical (unpaired) electrons. The van der Waals surface area contributed by atoms with Gasteiger partial charge in [0.2, 0.25) is 11.8 Å².